The van der Waals surface area contributed by atoms with Gasteiger partial charge in [-0.1, -0.05) is 15.9 Å². The number of carboxylic acids is 1. The normalized spacial score (nSPS) is 17.1. The maximum atomic E-state index is 10.6. The van der Waals surface area contributed by atoms with E-state index in [0.29, 0.717) is 0 Å². The molecule has 0 aromatic carbocycles. The Balaban J connectivity index is 4.01. The number of carbonyl (C=O) groups is 1. The Bertz CT molecular complexity index is 170. The molecule has 0 bridgehead atoms. The maximum Gasteiger partial charge on any atom is 0.322 e. The van der Waals surface area contributed by atoms with Gasteiger partial charge in [-0.2, -0.15) is 0 Å². The van der Waals surface area contributed by atoms with E-state index in [1.807, 2.05) is 20.8 Å². The summed E-state index contributed by atoms with van der Waals surface area (Å²) in [5.41, 5.74) is -0.301. The molecule has 3 nitrogen and oxygen atoms in total. The van der Waals surface area contributed by atoms with Gasteiger partial charge >= 0.3 is 5.97 Å². The Labute approximate surface area is 81.2 Å². The number of hydrogen-bond acceptors (Lipinski definition) is 2. The molecule has 0 heterocycles. The fraction of sp³-hybridized carbons (Fsp3) is 0.875. The second kappa shape index (κ2) is 3.75. The van der Waals surface area contributed by atoms with Crippen molar-refractivity contribution in [2.75, 3.05) is 6.61 Å². The molecule has 0 amide bonds. The minimum absolute atomic E-state index is 0.159. The summed E-state index contributed by atoms with van der Waals surface area (Å²) in [6.07, 6.45) is 0. The first-order valence-electron chi connectivity index (χ1n) is 3.71. The minimum atomic E-state index is -0.986. The van der Waals surface area contributed by atoms with Crippen molar-refractivity contribution in [2.45, 2.75) is 37.6 Å². The number of aliphatic carboxylic acids is 1. The Morgan fingerprint density at radius 1 is 1.42 bits per heavy atom. The van der Waals surface area contributed by atoms with E-state index in [9.17, 15) is 4.79 Å². The molecule has 0 aromatic rings. The zero-order valence-corrected chi connectivity index (χ0v) is 9.43. The third-order valence-corrected chi connectivity index (χ3v) is 1.79. The molecular formula is C8H15BrO3. The first-order chi connectivity index (χ1) is 5.15. The first-order valence-corrected chi connectivity index (χ1v) is 4.51. The summed E-state index contributed by atoms with van der Waals surface area (Å²) in [5, 5.41) is 8.71. The van der Waals surface area contributed by atoms with Crippen molar-refractivity contribution >= 4 is 21.9 Å². The lowest BCUT2D eigenvalue weighted by Gasteiger charge is -2.25. The lowest BCUT2D eigenvalue weighted by atomic mass is 10.1. The molecule has 0 aliphatic heterocycles. The number of rotatable bonds is 3. The first kappa shape index (κ1) is 11.9. The van der Waals surface area contributed by atoms with E-state index in [1.165, 1.54) is 0 Å². The van der Waals surface area contributed by atoms with E-state index in [0.717, 1.165) is 0 Å². The maximum absolute atomic E-state index is 10.6. The van der Waals surface area contributed by atoms with Crippen molar-refractivity contribution in [3.8, 4) is 0 Å². The summed E-state index contributed by atoms with van der Waals surface area (Å²) >= 11 is 3.07. The highest BCUT2D eigenvalue weighted by Gasteiger charge is 2.31. The summed E-state index contributed by atoms with van der Waals surface area (Å²) in [4.78, 5) is 10.6. The molecule has 0 fully saturated rings. The van der Waals surface area contributed by atoms with Crippen LogP contribution in [0.25, 0.3) is 0 Å². The van der Waals surface area contributed by atoms with Gasteiger partial charge in [-0.3, -0.25) is 4.79 Å². The van der Waals surface area contributed by atoms with E-state index in [-0.39, 0.29) is 12.2 Å². The standard InChI is InChI=1S/C8H15BrO3/c1-7(2,3)12-5-8(4,9)6(10)11/h5H2,1-4H3,(H,10,11). The van der Waals surface area contributed by atoms with Gasteiger partial charge in [0.05, 0.1) is 12.2 Å². The Kier molecular flexibility index (Phi) is 3.72. The van der Waals surface area contributed by atoms with Gasteiger partial charge in [0.1, 0.15) is 4.32 Å². The van der Waals surface area contributed by atoms with Crippen LogP contribution in [0.3, 0.4) is 0 Å². The zero-order chi connectivity index (χ0) is 9.99. The van der Waals surface area contributed by atoms with E-state index in [4.69, 9.17) is 9.84 Å². The van der Waals surface area contributed by atoms with Gasteiger partial charge in [0, 0.05) is 0 Å². The van der Waals surface area contributed by atoms with Crippen LogP contribution in [0.2, 0.25) is 0 Å². The molecule has 1 atom stereocenters. The predicted octanol–water partition coefficient (Wildman–Crippen LogP) is 2.04. The molecule has 4 heteroatoms. The molecule has 0 aliphatic carbocycles. The average Bonchev–Trinajstić information content (AvgIpc) is 1.82. The van der Waals surface area contributed by atoms with Gasteiger partial charge in [-0.25, -0.2) is 0 Å². The number of alkyl halides is 1. The Morgan fingerprint density at radius 2 is 1.83 bits per heavy atom. The van der Waals surface area contributed by atoms with Crippen molar-refractivity contribution in [3.05, 3.63) is 0 Å². The van der Waals surface area contributed by atoms with Crippen LogP contribution in [-0.4, -0.2) is 27.6 Å². The average molecular weight is 239 g/mol. The molecule has 1 N–H and O–H groups in total. The second-order valence-corrected chi connectivity index (χ2v) is 5.65. The topological polar surface area (TPSA) is 46.5 Å². The predicted molar refractivity (Wildman–Crippen MR) is 50.7 cm³/mol. The van der Waals surface area contributed by atoms with Crippen LogP contribution in [0.5, 0.6) is 0 Å². The smallest absolute Gasteiger partial charge is 0.322 e. The van der Waals surface area contributed by atoms with Crippen LogP contribution in [0.1, 0.15) is 27.7 Å². The SMILES string of the molecule is CC(C)(C)OCC(C)(Br)C(=O)O. The summed E-state index contributed by atoms with van der Waals surface area (Å²) in [6, 6.07) is 0. The number of hydrogen-bond donors (Lipinski definition) is 1. The Morgan fingerprint density at radius 3 is 2.08 bits per heavy atom. The highest BCUT2D eigenvalue weighted by Crippen LogP contribution is 2.20. The third kappa shape index (κ3) is 4.72. The number of ether oxygens (including phenoxy) is 1. The lowest BCUT2D eigenvalue weighted by Crippen LogP contribution is -2.37. The zero-order valence-electron chi connectivity index (χ0n) is 7.85. The largest absolute Gasteiger partial charge is 0.480 e. The molecule has 0 spiro atoms. The van der Waals surface area contributed by atoms with Gasteiger partial charge in [-0.05, 0) is 27.7 Å². The van der Waals surface area contributed by atoms with Crippen LogP contribution in [-0.2, 0) is 9.53 Å². The van der Waals surface area contributed by atoms with E-state index in [1.54, 1.807) is 6.92 Å². The molecule has 0 rings (SSSR count). The molecule has 72 valence electrons. The summed E-state index contributed by atoms with van der Waals surface area (Å²) in [7, 11) is 0. The monoisotopic (exact) mass is 238 g/mol. The van der Waals surface area contributed by atoms with Gasteiger partial charge in [0.25, 0.3) is 0 Å². The molecule has 0 aromatic heterocycles. The van der Waals surface area contributed by atoms with Gasteiger partial charge in [0.2, 0.25) is 0 Å². The second-order valence-electron chi connectivity index (χ2n) is 3.90. The number of halogens is 1. The molecule has 0 saturated heterocycles. The van der Waals surface area contributed by atoms with Crippen molar-refractivity contribution < 1.29 is 14.6 Å². The Hall–Kier alpha value is -0.0900. The minimum Gasteiger partial charge on any atom is -0.480 e. The van der Waals surface area contributed by atoms with Crippen molar-refractivity contribution in [1.82, 2.24) is 0 Å². The quantitative estimate of drug-likeness (QED) is 0.766. The van der Waals surface area contributed by atoms with Crippen molar-refractivity contribution in [2.24, 2.45) is 0 Å². The van der Waals surface area contributed by atoms with Crippen LogP contribution in [0.15, 0.2) is 0 Å². The number of carboxylic acid groups (broad SMARTS) is 1. The summed E-state index contributed by atoms with van der Waals surface area (Å²) in [5.74, 6) is -0.910. The summed E-state index contributed by atoms with van der Waals surface area (Å²) < 4.78 is 4.34. The summed E-state index contributed by atoms with van der Waals surface area (Å²) in [6.45, 7) is 7.39. The van der Waals surface area contributed by atoms with Gasteiger partial charge < -0.3 is 9.84 Å². The van der Waals surface area contributed by atoms with Crippen molar-refractivity contribution in [1.29, 1.82) is 0 Å². The van der Waals surface area contributed by atoms with E-state index < -0.39 is 10.3 Å². The molecule has 12 heavy (non-hydrogen) atoms. The van der Waals surface area contributed by atoms with Crippen LogP contribution >= 0.6 is 15.9 Å². The molecule has 0 aliphatic rings. The highest BCUT2D eigenvalue weighted by atomic mass is 79.9. The van der Waals surface area contributed by atoms with E-state index in [2.05, 4.69) is 15.9 Å². The van der Waals surface area contributed by atoms with Crippen LogP contribution in [0, 0.1) is 0 Å². The van der Waals surface area contributed by atoms with Gasteiger partial charge in [0.15, 0.2) is 0 Å². The highest BCUT2D eigenvalue weighted by molar-refractivity contribution is 9.10. The molecule has 0 saturated carbocycles. The van der Waals surface area contributed by atoms with Crippen LogP contribution in [0.4, 0.5) is 0 Å². The fourth-order valence-electron chi connectivity index (χ4n) is 0.414. The van der Waals surface area contributed by atoms with Crippen molar-refractivity contribution in [3.63, 3.8) is 0 Å². The fourth-order valence-corrected chi connectivity index (χ4v) is 0.528. The molecule has 1 unspecified atom stereocenters. The van der Waals surface area contributed by atoms with Gasteiger partial charge in [-0.15, -0.1) is 0 Å². The van der Waals surface area contributed by atoms with E-state index >= 15 is 0 Å². The lowest BCUT2D eigenvalue weighted by molar-refractivity contribution is -0.142. The third-order valence-electron chi connectivity index (χ3n) is 1.22. The van der Waals surface area contributed by atoms with Crippen LogP contribution < -0.4 is 0 Å². The molecular weight excluding hydrogens is 224 g/mol. The molecule has 0 radical (unpaired) electrons.